The molecule has 1 atom stereocenters. The molecular weight excluding hydrogens is 256 g/mol. The normalized spacial score (nSPS) is 24.6. The number of benzene rings is 1. The minimum absolute atomic E-state index is 0.0416. The first kappa shape index (κ1) is 14.7. The van der Waals surface area contributed by atoms with E-state index in [0.29, 0.717) is 11.3 Å². The average molecular weight is 278 g/mol. The molecule has 0 spiro atoms. The van der Waals surface area contributed by atoms with Crippen molar-refractivity contribution in [2.45, 2.75) is 51.4 Å². The number of nitrogens with two attached hydrogens (primary N) is 1. The Balaban J connectivity index is 2.19. The molecule has 1 fully saturated rings. The third-order valence-corrected chi connectivity index (χ3v) is 3.51. The van der Waals surface area contributed by atoms with Crippen molar-refractivity contribution < 1.29 is 14.7 Å². The number of amidine groups is 1. The molecule has 0 bridgehead atoms. The van der Waals surface area contributed by atoms with E-state index in [0.717, 1.165) is 6.42 Å². The van der Waals surface area contributed by atoms with Crippen molar-refractivity contribution in [3.63, 3.8) is 0 Å². The summed E-state index contributed by atoms with van der Waals surface area (Å²) in [6.07, 6.45) is 0.772. The van der Waals surface area contributed by atoms with Gasteiger partial charge >= 0.3 is 0 Å². The highest BCUT2D eigenvalue weighted by Gasteiger charge is 2.47. The molecule has 3 N–H and O–H groups in total. The van der Waals surface area contributed by atoms with E-state index in [-0.39, 0.29) is 23.1 Å². The van der Waals surface area contributed by atoms with Crippen LogP contribution in [-0.2, 0) is 4.74 Å². The maximum Gasteiger partial charge on any atom is 0.170 e. The summed E-state index contributed by atoms with van der Waals surface area (Å²) in [5.41, 5.74) is 5.67. The van der Waals surface area contributed by atoms with Gasteiger partial charge in [0.1, 0.15) is 17.5 Å². The van der Waals surface area contributed by atoms with Gasteiger partial charge in [0.15, 0.2) is 5.84 Å². The zero-order valence-corrected chi connectivity index (χ0v) is 12.4. The zero-order valence-electron chi connectivity index (χ0n) is 12.4. The maximum atomic E-state index is 8.72. The number of hydrogen-bond acceptors (Lipinski definition) is 4. The van der Waals surface area contributed by atoms with E-state index >= 15 is 0 Å². The van der Waals surface area contributed by atoms with Crippen molar-refractivity contribution in [2.75, 3.05) is 0 Å². The van der Waals surface area contributed by atoms with Crippen molar-refractivity contribution in [1.29, 1.82) is 0 Å². The lowest BCUT2D eigenvalue weighted by Crippen LogP contribution is -2.36. The monoisotopic (exact) mass is 278 g/mol. The molecule has 110 valence electrons. The second-order valence-corrected chi connectivity index (χ2v) is 6.29. The van der Waals surface area contributed by atoms with Gasteiger partial charge in [-0.3, -0.25) is 0 Å². The number of nitrogens with zero attached hydrogens (tertiary/aromatic N) is 1. The molecule has 0 aliphatic carbocycles. The fourth-order valence-corrected chi connectivity index (χ4v) is 2.65. The number of ether oxygens (including phenoxy) is 2. The highest BCUT2D eigenvalue weighted by molar-refractivity contribution is 5.97. The fourth-order valence-electron chi connectivity index (χ4n) is 2.65. The lowest BCUT2D eigenvalue weighted by atomic mass is 9.97. The van der Waals surface area contributed by atoms with E-state index in [1.165, 1.54) is 0 Å². The SMILES string of the molecule is CC1(C)CC(Oc2cccc(/C(N)=N/O)c2)C(C)(C)O1. The topological polar surface area (TPSA) is 77.1 Å². The van der Waals surface area contributed by atoms with Gasteiger partial charge in [-0.2, -0.15) is 0 Å². The Kier molecular flexibility index (Phi) is 3.65. The summed E-state index contributed by atoms with van der Waals surface area (Å²) in [6.45, 7) is 8.18. The molecule has 1 heterocycles. The molecule has 0 radical (unpaired) electrons. The minimum Gasteiger partial charge on any atom is -0.487 e. The van der Waals surface area contributed by atoms with Gasteiger partial charge < -0.3 is 20.4 Å². The van der Waals surface area contributed by atoms with Crippen molar-refractivity contribution >= 4 is 5.84 Å². The van der Waals surface area contributed by atoms with E-state index < -0.39 is 0 Å². The van der Waals surface area contributed by atoms with Crippen LogP contribution < -0.4 is 10.5 Å². The molecule has 5 heteroatoms. The molecule has 1 aromatic rings. The predicted molar refractivity (Wildman–Crippen MR) is 77.2 cm³/mol. The fraction of sp³-hybridized carbons (Fsp3) is 0.533. The molecule has 2 rings (SSSR count). The summed E-state index contributed by atoms with van der Waals surface area (Å²) in [5.74, 6) is 0.756. The maximum absolute atomic E-state index is 8.72. The lowest BCUT2D eigenvalue weighted by Gasteiger charge is -2.27. The molecule has 0 aromatic heterocycles. The van der Waals surface area contributed by atoms with Crippen molar-refractivity contribution in [1.82, 2.24) is 0 Å². The third kappa shape index (κ3) is 3.04. The Hall–Kier alpha value is -1.75. The summed E-state index contributed by atoms with van der Waals surface area (Å²) in [4.78, 5) is 0. The van der Waals surface area contributed by atoms with Crippen LogP contribution in [0.3, 0.4) is 0 Å². The van der Waals surface area contributed by atoms with E-state index in [1.807, 2.05) is 26.0 Å². The Morgan fingerprint density at radius 1 is 1.40 bits per heavy atom. The van der Waals surface area contributed by atoms with Gasteiger partial charge in [0.2, 0.25) is 0 Å². The molecule has 0 amide bonds. The van der Waals surface area contributed by atoms with Crippen molar-refractivity contribution in [3.05, 3.63) is 29.8 Å². The van der Waals surface area contributed by atoms with Crippen LogP contribution in [0.25, 0.3) is 0 Å². The molecule has 5 nitrogen and oxygen atoms in total. The highest BCUT2D eigenvalue weighted by atomic mass is 16.6. The summed E-state index contributed by atoms with van der Waals surface area (Å²) in [5, 5.41) is 11.7. The number of hydrogen-bond donors (Lipinski definition) is 2. The van der Waals surface area contributed by atoms with Crippen LogP contribution in [0.2, 0.25) is 0 Å². The largest absolute Gasteiger partial charge is 0.487 e. The number of oxime groups is 1. The third-order valence-electron chi connectivity index (χ3n) is 3.51. The summed E-state index contributed by atoms with van der Waals surface area (Å²) < 4.78 is 12.1. The zero-order chi connectivity index (χ0) is 15.0. The highest BCUT2D eigenvalue weighted by Crippen LogP contribution is 2.39. The molecule has 20 heavy (non-hydrogen) atoms. The number of rotatable bonds is 3. The Bertz CT molecular complexity index is 524. The lowest BCUT2D eigenvalue weighted by molar-refractivity contribution is -0.0846. The standard InChI is InChI=1S/C15H22N2O3/c1-14(2)9-12(15(3,4)20-14)19-11-7-5-6-10(8-11)13(16)17-18/h5-8,12,18H,9H2,1-4H3,(H2,16,17). The molecule has 1 unspecified atom stereocenters. The molecule has 1 aliphatic rings. The Morgan fingerprint density at radius 2 is 2.10 bits per heavy atom. The van der Waals surface area contributed by atoms with Crippen LogP contribution in [0, 0.1) is 0 Å². The summed E-state index contributed by atoms with van der Waals surface area (Å²) >= 11 is 0. The van der Waals surface area contributed by atoms with E-state index in [2.05, 4.69) is 19.0 Å². The van der Waals surface area contributed by atoms with E-state index in [4.69, 9.17) is 20.4 Å². The van der Waals surface area contributed by atoms with Crippen LogP contribution in [0.5, 0.6) is 5.75 Å². The quantitative estimate of drug-likeness (QED) is 0.385. The first-order valence-electron chi connectivity index (χ1n) is 6.68. The second-order valence-electron chi connectivity index (χ2n) is 6.29. The van der Waals surface area contributed by atoms with Gasteiger partial charge in [-0.1, -0.05) is 17.3 Å². The molecule has 1 aromatic carbocycles. The van der Waals surface area contributed by atoms with Gasteiger partial charge in [-0.25, -0.2) is 0 Å². The van der Waals surface area contributed by atoms with Crippen LogP contribution in [-0.4, -0.2) is 28.3 Å². The molecular formula is C15H22N2O3. The smallest absolute Gasteiger partial charge is 0.170 e. The minimum atomic E-state index is -0.351. The molecule has 0 saturated carbocycles. The molecule has 1 aliphatic heterocycles. The second kappa shape index (κ2) is 4.98. The van der Waals surface area contributed by atoms with Gasteiger partial charge in [0.05, 0.1) is 5.60 Å². The predicted octanol–water partition coefficient (Wildman–Crippen LogP) is 2.51. The van der Waals surface area contributed by atoms with E-state index in [9.17, 15) is 0 Å². The van der Waals surface area contributed by atoms with Crippen LogP contribution in [0.1, 0.15) is 39.7 Å². The average Bonchev–Trinajstić information content (AvgIpc) is 2.56. The van der Waals surface area contributed by atoms with Gasteiger partial charge in [0.25, 0.3) is 0 Å². The van der Waals surface area contributed by atoms with Gasteiger partial charge in [0, 0.05) is 12.0 Å². The van der Waals surface area contributed by atoms with Crippen molar-refractivity contribution in [3.8, 4) is 5.75 Å². The summed E-state index contributed by atoms with van der Waals surface area (Å²) in [7, 11) is 0. The Labute approximate surface area is 119 Å². The van der Waals surface area contributed by atoms with Crippen molar-refractivity contribution in [2.24, 2.45) is 10.9 Å². The van der Waals surface area contributed by atoms with Gasteiger partial charge in [-0.05, 0) is 39.8 Å². The van der Waals surface area contributed by atoms with Crippen LogP contribution in [0.15, 0.2) is 29.4 Å². The first-order chi connectivity index (χ1) is 9.23. The van der Waals surface area contributed by atoms with E-state index in [1.54, 1.807) is 12.1 Å². The summed E-state index contributed by atoms with van der Waals surface area (Å²) in [6, 6.07) is 7.20. The Morgan fingerprint density at radius 3 is 2.65 bits per heavy atom. The first-order valence-corrected chi connectivity index (χ1v) is 6.68. The van der Waals surface area contributed by atoms with Crippen LogP contribution in [0.4, 0.5) is 0 Å². The van der Waals surface area contributed by atoms with Crippen LogP contribution >= 0.6 is 0 Å². The van der Waals surface area contributed by atoms with Gasteiger partial charge in [-0.15, -0.1) is 0 Å². The molecule has 1 saturated heterocycles.